The van der Waals surface area contributed by atoms with E-state index in [9.17, 15) is 4.79 Å². The molecule has 0 atom stereocenters. The molecule has 88 valence electrons. The summed E-state index contributed by atoms with van der Waals surface area (Å²) in [5.74, 6) is -0.254. The van der Waals surface area contributed by atoms with Gasteiger partial charge in [-0.15, -0.1) is 0 Å². The number of nitrogens with one attached hydrogen (secondary N) is 1. The number of aryl methyl sites for hydroxylation is 1. The van der Waals surface area contributed by atoms with Gasteiger partial charge >= 0.3 is 0 Å². The monoisotopic (exact) mass is 282 g/mol. The molecule has 16 heavy (non-hydrogen) atoms. The topological polar surface area (TPSA) is 51.2 Å². The van der Waals surface area contributed by atoms with Crippen molar-refractivity contribution in [3.05, 3.63) is 17.8 Å². The number of halogens is 3. The van der Waals surface area contributed by atoms with Crippen molar-refractivity contribution in [1.29, 1.82) is 0 Å². The molecular weight excluding hydrogens is 274 g/mol. The average molecular weight is 284 g/mol. The Labute approximate surface area is 108 Å². The van der Waals surface area contributed by atoms with Gasteiger partial charge < -0.3 is 10.1 Å². The van der Waals surface area contributed by atoms with E-state index >= 15 is 0 Å². The number of hydrogen-bond acceptors (Lipinski definition) is 3. The van der Waals surface area contributed by atoms with Crippen LogP contribution >= 0.6 is 34.8 Å². The van der Waals surface area contributed by atoms with Crippen LogP contribution in [0, 0.1) is 6.92 Å². The third-order valence-corrected chi connectivity index (χ3v) is 2.25. The zero-order chi connectivity index (χ0) is 12.3. The predicted octanol–water partition coefficient (Wildman–Crippen LogP) is 2.71. The number of nitrogens with zero attached hydrogens (tertiary/aromatic N) is 1. The van der Waals surface area contributed by atoms with Crippen molar-refractivity contribution in [3.8, 4) is 5.88 Å². The van der Waals surface area contributed by atoms with Gasteiger partial charge in [-0.2, -0.15) is 0 Å². The third-order valence-electron chi connectivity index (χ3n) is 1.74. The first-order valence-corrected chi connectivity index (χ1v) is 5.37. The third kappa shape index (κ3) is 3.40. The van der Waals surface area contributed by atoms with E-state index in [0.717, 1.165) is 5.56 Å². The van der Waals surface area contributed by atoms with Crippen LogP contribution in [-0.2, 0) is 4.79 Å². The molecule has 0 aliphatic carbocycles. The van der Waals surface area contributed by atoms with Gasteiger partial charge in [0.1, 0.15) is 0 Å². The fraction of sp³-hybridized carbons (Fsp3) is 0.333. The molecule has 1 rings (SSSR count). The maximum absolute atomic E-state index is 11.3. The van der Waals surface area contributed by atoms with Crippen LogP contribution in [0.25, 0.3) is 0 Å². The Bertz CT molecular complexity index is 404. The second-order valence-corrected chi connectivity index (χ2v) is 5.28. The molecule has 0 saturated carbocycles. The van der Waals surface area contributed by atoms with Gasteiger partial charge in [0.25, 0.3) is 9.70 Å². The molecule has 0 saturated heterocycles. The van der Waals surface area contributed by atoms with Crippen LogP contribution in [0.15, 0.2) is 12.3 Å². The van der Waals surface area contributed by atoms with Gasteiger partial charge in [0, 0.05) is 5.56 Å². The van der Waals surface area contributed by atoms with E-state index in [1.165, 1.54) is 13.3 Å². The molecule has 0 spiro atoms. The van der Waals surface area contributed by atoms with E-state index in [1.807, 2.05) is 0 Å². The van der Waals surface area contributed by atoms with Gasteiger partial charge in [-0.3, -0.25) is 4.79 Å². The molecule has 0 radical (unpaired) electrons. The van der Waals surface area contributed by atoms with E-state index < -0.39 is 9.70 Å². The van der Waals surface area contributed by atoms with Gasteiger partial charge in [-0.05, 0) is 13.0 Å². The standard InChI is InChI=1S/C9H9Cl3N2O2/c1-5-3-6(4-13-7(5)16-2)14-8(15)9(10,11)12/h3-4H,1-2H3,(H,14,15). The van der Waals surface area contributed by atoms with Crippen molar-refractivity contribution in [3.63, 3.8) is 0 Å². The molecule has 7 heteroatoms. The first kappa shape index (κ1) is 13.4. The lowest BCUT2D eigenvalue weighted by molar-refractivity contribution is -0.115. The normalized spacial score (nSPS) is 11.1. The molecule has 4 nitrogen and oxygen atoms in total. The van der Waals surface area contributed by atoms with Gasteiger partial charge in [0.15, 0.2) is 0 Å². The quantitative estimate of drug-likeness (QED) is 0.849. The van der Waals surface area contributed by atoms with Crippen molar-refractivity contribution in [2.75, 3.05) is 12.4 Å². The molecule has 1 heterocycles. The van der Waals surface area contributed by atoms with Crippen molar-refractivity contribution in [2.45, 2.75) is 10.7 Å². The van der Waals surface area contributed by atoms with Gasteiger partial charge in [0.05, 0.1) is 19.0 Å². The summed E-state index contributed by atoms with van der Waals surface area (Å²) < 4.78 is 2.98. The van der Waals surface area contributed by atoms with E-state index in [1.54, 1.807) is 13.0 Å². The highest BCUT2D eigenvalue weighted by Gasteiger charge is 2.30. The molecule has 0 fully saturated rings. The summed E-state index contributed by atoms with van der Waals surface area (Å²) >= 11 is 16.2. The number of alkyl halides is 3. The summed E-state index contributed by atoms with van der Waals surface area (Å²) in [6.45, 7) is 1.79. The van der Waals surface area contributed by atoms with Crippen molar-refractivity contribution >= 4 is 46.4 Å². The van der Waals surface area contributed by atoms with E-state index in [0.29, 0.717) is 11.6 Å². The van der Waals surface area contributed by atoms with Crippen molar-refractivity contribution in [1.82, 2.24) is 4.98 Å². The number of ether oxygens (including phenoxy) is 1. The molecule has 0 aliphatic rings. The Kier molecular flexibility index (Phi) is 4.24. The van der Waals surface area contributed by atoms with E-state index in [-0.39, 0.29) is 0 Å². The van der Waals surface area contributed by atoms with Crippen LogP contribution < -0.4 is 10.1 Å². The molecule has 0 aromatic carbocycles. The van der Waals surface area contributed by atoms with Crippen LogP contribution in [0.5, 0.6) is 5.88 Å². The number of pyridine rings is 1. The molecule has 1 amide bonds. The van der Waals surface area contributed by atoms with Crippen molar-refractivity contribution in [2.24, 2.45) is 0 Å². The maximum atomic E-state index is 11.3. The molecule has 0 aliphatic heterocycles. The highest BCUT2D eigenvalue weighted by molar-refractivity contribution is 6.76. The van der Waals surface area contributed by atoms with E-state index in [2.05, 4.69) is 10.3 Å². The molecule has 0 bridgehead atoms. The fourth-order valence-electron chi connectivity index (χ4n) is 1.05. The highest BCUT2D eigenvalue weighted by Crippen LogP contribution is 2.28. The van der Waals surface area contributed by atoms with Crippen LogP contribution in [-0.4, -0.2) is 21.8 Å². The lowest BCUT2D eigenvalue weighted by Gasteiger charge is -2.12. The number of carbonyl (C=O) groups excluding carboxylic acids is 1. The second-order valence-electron chi connectivity index (χ2n) is 3.00. The average Bonchev–Trinajstić information content (AvgIpc) is 2.16. The van der Waals surface area contributed by atoms with Crippen LogP contribution in [0.3, 0.4) is 0 Å². The number of rotatable bonds is 2. The smallest absolute Gasteiger partial charge is 0.276 e. The minimum Gasteiger partial charge on any atom is -0.481 e. The number of aromatic nitrogens is 1. The first-order chi connectivity index (χ1) is 7.34. The minimum absolute atomic E-state index is 0.439. The Morgan fingerprint density at radius 3 is 2.56 bits per heavy atom. The molecule has 0 unspecified atom stereocenters. The summed E-state index contributed by atoms with van der Waals surface area (Å²) in [4.78, 5) is 15.3. The lowest BCUT2D eigenvalue weighted by atomic mass is 10.3. The summed E-state index contributed by atoms with van der Waals surface area (Å²) in [7, 11) is 1.51. The zero-order valence-corrected chi connectivity index (χ0v) is 10.8. The fourth-order valence-corrected chi connectivity index (χ4v) is 1.19. The second kappa shape index (κ2) is 5.08. The SMILES string of the molecule is COc1ncc(NC(=O)C(Cl)(Cl)Cl)cc1C. The Morgan fingerprint density at radius 2 is 2.12 bits per heavy atom. The maximum Gasteiger partial charge on any atom is 0.276 e. The van der Waals surface area contributed by atoms with Crippen molar-refractivity contribution < 1.29 is 9.53 Å². The number of hydrogen-bond donors (Lipinski definition) is 1. The molecule has 1 aromatic heterocycles. The summed E-state index contributed by atoms with van der Waals surface area (Å²) in [5.41, 5.74) is 1.21. The summed E-state index contributed by atoms with van der Waals surface area (Å²) in [6, 6.07) is 1.67. The van der Waals surface area contributed by atoms with Gasteiger partial charge in [-0.25, -0.2) is 4.98 Å². The summed E-state index contributed by atoms with van der Waals surface area (Å²) in [6.07, 6.45) is 1.42. The number of carbonyl (C=O) groups is 1. The van der Waals surface area contributed by atoms with Crippen LogP contribution in [0.1, 0.15) is 5.56 Å². The zero-order valence-electron chi connectivity index (χ0n) is 8.55. The predicted molar refractivity (Wildman–Crippen MR) is 64.4 cm³/mol. The van der Waals surface area contributed by atoms with Crippen LogP contribution in [0.4, 0.5) is 5.69 Å². The van der Waals surface area contributed by atoms with Crippen LogP contribution in [0.2, 0.25) is 0 Å². The van der Waals surface area contributed by atoms with E-state index in [4.69, 9.17) is 39.5 Å². The highest BCUT2D eigenvalue weighted by atomic mass is 35.6. The molecule has 1 aromatic rings. The summed E-state index contributed by atoms with van der Waals surface area (Å²) in [5, 5.41) is 2.42. The first-order valence-electron chi connectivity index (χ1n) is 4.23. The Hall–Kier alpha value is -0.710. The number of amides is 1. The number of methoxy groups -OCH3 is 1. The largest absolute Gasteiger partial charge is 0.481 e. The van der Waals surface area contributed by atoms with Gasteiger partial charge in [0.2, 0.25) is 5.88 Å². The molecular formula is C9H9Cl3N2O2. The number of anilines is 1. The van der Waals surface area contributed by atoms with Gasteiger partial charge in [-0.1, -0.05) is 34.8 Å². The Balaban J connectivity index is 2.84. The lowest BCUT2D eigenvalue weighted by Crippen LogP contribution is -2.27. The molecule has 1 N–H and O–H groups in total. The Morgan fingerprint density at radius 1 is 1.50 bits per heavy atom. The minimum atomic E-state index is -1.99.